The fourth-order valence-corrected chi connectivity index (χ4v) is 4.25. The molecule has 210 valence electrons. The number of nitrogens with two attached hydrogens (primary N) is 1. The predicted molar refractivity (Wildman–Crippen MR) is 147 cm³/mol. The number of carbonyl (C=O) groups is 5. The van der Waals surface area contributed by atoms with Crippen molar-refractivity contribution in [3.05, 3.63) is 53.9 Å². The fourth-order valence-electron chi connectivity index (χ4n) is 4.25. The van der Waals surface area contributed by atoms with Gasteiger partial charge in [-0.25, -0.2) is 4.90 Å². The van der Waals surface area contributed by atoms with Gasteiger partial charge in [0.15, 0.2) is 0 Å². The minimum absolute atomic E-state index is 0.0545. The van der Waals surface area contributed by atoms with E-state index in [0.717, 1.165) is 4.90 Å². The Morgan fingerprint density at radius 2 is 1.55 bits per heavy atom. The molecule has 0 radical (unpaired) electrons. The molecule has 14 heteroatoms. The SMILES string of the molecule is Cn1cc(N(C(=O)c2cc(NC(=O)c3cc(NC=O)cn3C)cn2C)C(=O)C2CC2)cc1C(=O)NCCC(=N)N. The molecule has 1 fully saturated rings. The van der Waals surface area contributed by atoms with E-state index in [2.05, 4.69) is 16.0 Å². The summed E-state index contributed by atoms with van der Waals surface area (Å²) in [6, 6.07) is 4.45. The summed E-state index contributed by atoms with van der Waals surface area (Å²) in [6.07, 6.45) is 6.71. The Hall–Kier alpha value is -5.14. The number of aromatic nitrogens is 3. The van der Waals surface area contributed by atoms with Gasteiger partial charge in [0.2, 0.25) is 12.3 Å². The number of hydrogen-bond donors (Lipinski definition) is 5. The van der Waals surface area contributed by atoms with Crippen molar-refractivity contribution < 1.29 is 24.0 Å². The monoisotopic (exact) mass is 549 g/mol. The Kier molecular flexibility index (Phi) is 7.88. The summed E-state index contributed by atoms with van der Waals surface area (Å²) in [5.74, 6) is -2.21. The lowest BCUT2D eigenvalue weighted by molar-refractivity contribution is -0.119. The molecule has 3 heterocycles. The summed E-state index contributed by atoms with van der Waals surface area (Å²) in [4.78, 5) is 64.3. The Bertz CT molecular complexity index is 1510. The van der Waals surface area contributed by atoms with Gasteiger partial charge in [-0.1, -0.05) is 0 Å². The molecule has 0 atom stereocenters. The lowest BCUT2D eigenvalue weighted by Gasteiger charge is -2.19. The molecular weight excluding hydrogens is 518 g/mol. The first-order valence-electron chi connectivity index (χ1n) is 12.5. The third-order valence-electron chi connectivity index (χ3n) is 6.46. The van der Waals surface area contributed by atoms with Gasteiger partial charge in [0.1, 0.15) is 17.1 Å². The van der Waals surface area contributed by atoms with Crippen molar-refractivity contribution in [2.45, 2.75) is 19.3 Å². The van der Waals surface area contributed by atoms with Crippen molar-refractivity contribution in [3.8, 4) is 0 Å². The Labute approximate surface area is 229 Å². The highest BCUT2D eigenvalue weighted by Gasteiger charge is 2.39. The molecule has 3 aromatic rings. The van der Waals surface area contributed by atoms with Crippen LogP contribution in [0.4, 0.5) is 17.1 Å². The summed E-state index contributed by atoms with van der Waals surface area (Å²) in [7, 11) is 4.91. The zero-order valence-electron chi connectivity index (χ0n) is 22.4. The lowest BCUT2D eigenvalue weighted by atomic mass is 10.2. The molecule has 5 amide bonds. The minimum atomic E-state index is -0.606. The molecule has 0 spiro atoms. The van der Waals surface area contributed by atoms with Crippen LogP contribution in [-0.2, 0) is 30.7 Å². The molecule has 0 saturated heterocycles. The number of amidine groups is 1. The van der Waals surface area contributed by atoms with Gasteiger partial charge >= 0.3 is 0 Å². The summed E-state index contributed by atoms with van der Waals surface area (Å²) in [6.45, 7) is 0.174. The van der Waals surface area contributed by atoms with Crippen molar-refractivity contribution in [3.63, 3.8) is 0 Å². The second-order valence-corrected chi connectivity index (χ2v) is 9.64. The number of hydrogen-bond acceptors (Lipinski definition) is 6. The standard InChI is InChI=1S/C26H31N9O5/c1-32-11-16(30-14-36)8-19(32)24(38)31-17-9-21(33(2)12-17)26(40)35(25(39)15-4-5-15)18-10-20(34(3)13-18)23(37)29-7-6-22(27)28/h8-15H,4-7H2,1-3H3,(H3,27,28)(H,29,37)(H,30,36)(H,31,38). The molecule has 1 saturated carbocycles. The number of nitrogens with one attached hydrogen (secondary N) is 4. The first kappa shape index (κ1) is 27.9. The number of anilines is 3. The third-order valence-corrected chi connectivity index (χ3v) is 6.46. The van der Waals surface area contributed by atoms with Crippen molar-refractivity contribution in [2.24, 2.45) is 32.8 Å². The molecule has 40 heavy (non-hydrogen) atoms. The van der Waals surface area contributed by atoms with Gasteiger partial charge < -0.3 is 35.4 Å². The maximum atomic E-state index is 13.8. The number of carbonyl (C=O) groups excluding carboxylic acids is 5. The van der Waals surface area contributed by atoms with Crippen molar-refractivity contribution in [1.82, 2.24) is 19.0 Å². The molecule has 1 aliphatic carbocycles. The average Bonchev–Trinajstić information content (AvgIpc) is 3.44. The van der Waals surface area contributed by atoms with Gasteiger partial charge in [-0.15, -0.1) is 0 Å². The van der Waals surface area contributed by atoms with Crippen LogP contribution in [0.5, 0.6) is 0 Å². The molecule has 0 aromatic carbocycles. The smallest absolute Gasteiger partial charge is 0.281 e. The van der Waals surface area contributed by atoms with Crippen molar-refractivity contribution >= 4 is 52.9 Å². The number of nitrogens with zero attached hydrogens (tertiary/aromatic N) is 4. The van der Waals surface area contributed by atoms with Gasteiger partial charge in [-0.05, 0) is 31.0 Å². The molecule has 6 N–H and O–H groups in total. The summed E-state index contributed by atoms with van der Waals surface area (Å²) in [5, 5.41) is 15.2. The molecule has 1 aliphatic rings. The van der Waals surface area contributed by atoms with Crippen LogP contribution in [0.15, 0.2) is 36.8 Å². The van der Waals surface area contributed by atoms with E-state index in [1.165, 1.54) is 33.5 Å². The van der Waals surface area contributed by atoms with E-state index < -0.39 is 17.7 Å². The third kappa shape index (κ3) is 5.95. The molecule has 0 aliphatic heterocycles. The van der Waals surface area contributed by atoms with E-state index in [1.807, 2.05) is 0 Å². The summed E-state index contributed by atoms with van der Waals surface area (Å²) >= 11 is 0. The van der Waals surface area contributed by atoms with Crippen LogP contribution >= 0.6 is 0 Å². The zero-order chi connectivity index (χ0) is 29.1. The molecule has 14 nitrogen and oxygen atoms in total. The van der Waals surface area contributed by atoms with E-state index in [-0.39, 0.29) is 53.4 Å². The van der Waals surface area contributed by atoms with Crippen molar-refractivity contribution in [1.29, 1.82) is 5.41 Å². The Balaban J connectivity index is 1.57. The Morgan fingerprint density at radius 1 is 0.950 bits per heavy atom. The summed E-state index contributed by atoms with van der Waals surface area (Å²) in [5.41, 5.74) is 7.03. The van der Waals surface area contributed by atoms with Crippen molar-refractivity contribution in [2.75, 3.05) is 22.1 Å². The van der Waals surface area contributed by atoms with Gasteiger partial charge in [0.25, 0.3) is 17.7 Å². The maximum absolute atomic E-state index is 13.8. The Morgan fingerprint density at radius 3 is 2.20 bits per heavy atom. The highest BCUT2D eigenvalue weighted by Crippen LogP contribution is 2.34. The second kappa shape index (κ2) is 11.3. The van der Waals surface area contributed by atoms with Gasteiger partial charge in [-0.2, -0.15) is 0 Å². The predicted octanol–water partition coefficient (Wildman–Crippen LogP) is 1.16. The van der Waals surface area contributed by atoms with Crippen LogP contribution in [0.1, 0.15) is 50.7 Å². The van der Waals surface area contributed by atoms with E-state index >= 15 is 0 Å². The second-order valence-electron chi connectivity index (χ2n) is 9.64. The average molecular weight is 550 g/mol. The highest BCUT2D eigenvalue weighted by molar-refractivity contribution is 6.22. The van der Waals surface area contributed by atoms with Gasteiger partial charge in [-0.3, -0.25) is 29.4 Å². The largest absolute Gasteiger partial charge is 0.388 e. The normalized spacial score (nSPS) is 12.5. The molecular formula is C26H31N9O5. The van der Waals surface area contributed by atoms with Crippen LogP contribution in [0.2, 0.25) is 0 Å². The number of amides is 5. The quantitative estimate of drug-likeness (QED) is 0.103. The number of imide groups is 1. The zero-order valence-corrected chi connectivity index (χ0v) is 22.4. The fraction of sp³-hybridized carbons (Fsp3) is 0.308. The number of aryl methyl sites for hydroxylation is 3. The van der Waals surface area contributed by atoms with Crippen LogP contribution in [0, 0.1) is 11.3 Å². The maximum Gasteiger partial charge on any atom is 0.281 e. The molecule has 0 bridgehead atoms. The van der Waals surface area contributed by atoms with Crippen LogP contribution < -0.4 is 26.6 Å². The molecule has 0 unspecified atom stereocenters. The van der Waals surface area contributed by atoms with E-state index in [4.69, 9.17) is 11.1 Å². The first-order chi connectivity index (χ1) is 19.0. The van der Waals surface area contributed by atoms with Crippen LogP contribution in [-0.4, -0.2) is 56.1 Å². The highest BCUT2D eigenvalue weighted by atomic mass is 16.2. The lowest BCUT2D eigenvalue weighted by Crippen LogP contribution is -2.38. The van der Waals surface area contributed by atoms with E-state index in [1.54, 1.807) is 38.1 Å². The summed E-state index contributed by atoms with van der Waals surface area (Å²) < 4.78 is 4.58. The van der Waals surface area contributed by atoms with Crippen LogP contribution in [0.3, 0.4) is 0 Å². The topological polar surface area (TPSA) is 189 Å². The first-order valence-corrected chi connectivity index (χ1v) is 12.5. The molecule has 3 aromatic heterocycles. The number of rotatable bonds is 11. The minimum Gasteiger partial charge on any atom is -0.388 e. The van der Waals surface area contributed by atoms with Gasteiger partial charge in [0.05, 0.1) is 22.9 Å². The van der Waals surface area contributed by atoms with E-state index in [0.29, 0.717) is 30.6 Å². The van der Waals surface area contributed by atoms with E-state index in [9.17, 15) is 24.0 Å². The van der Waals surface area contributed by atoms with Gasteiger partial charge in [0, 0.05) is 58.6 Å². The van der Waals surface area contributed by atoms with Crippen LogP contribution in [0.25, 0.3) is 0 Å². The molecule has 4 rings (SSSR count).